The molecular formula is C25H23N5O2. The Kier molecular flexibility index (Phi) is 6.04. The number of nitrogens with one attached hydrogen (secondary N) is 2. The molecule has 7 heteroatoms. The fraction of sp³-hybridized carbons (Fsp3) is 0.160. The second-order valence-corrected chi connectivity index (χ2v) is 7.33. The molecule has 160 valence electrons. The van der Waals surface area contributed by atoms with E-state index in [0.717, 1.165) is 23.4 Å². The van der Waals surface area contributed by atoms with Crippen LogP contribution in [0.3, 0.4) is 0 Å². The van der Waals surface area contributed by atoms with E-state index in [4.69, 9.17) is 4.74 Å². The Balaban J connectivity index is 1.65. The maximum absolute atomic E-state index is 12.6. The number of fused-ring (bicyclic) bond motifs is 1. The average molecular weight is 425 g/mol. The van der Waals surface area contributed by atoms with Crippen LogP contribution < -0.4 is 15.4 Å². The Morgan fingerprint density at radius 1 is 1.12 bits per heavy atom. The van der Waals surface area contributed by atoms with Gasteiger partial charge in [0.05, 0.1) is 28.5 Å². The lowest BCUT2D eigenvalue weighted by atomic mass is 10.1. The zero-order chi connectivity index (χ0) is 22.5. The van der Waals surface area contributed by atoms with Gasteiger partial charge in [0.25, 0.3) is 5.91 Å². The third-order valence-corrected chi connectivity index (χ3v) is 5.06. The van der Waals surface area contributed by atoms with Gasteiger partial charge in [-0.1, -0.05) is 25.1 Å². The van der Waals surface area contributed by atoms with Crippen molar-refractivity contribution in [1.29, 1.82) is 5.26 Å². The zero-order valence-corrected chi connectivity index (χ0v) is 17.9. The molecule has 1 amide bonds. The summed E-state index contributed by atoms with van der Waals surface area (Å²) in [7, 11) is 0. The molecule has 0 fully saturated rings. The molecule has 0 aliphatic heterocycles. The normalized spacial score (nSPS) is 10.5. The van der Waals surface area contributed by atoms with Crippen molar-refractivity contribution in [1.82, 2.24) is 14.9 Å². The van der Waals surface area contributed by atoms with Crippen LogP contribution in [-0.4, -0.2) is 22.1 Å². The molecule has 0 aliphatic rings. The summed E-state index contributed by atoms with van der Waals surface area (Å²) >= 11 is 0. The maximum atomic E-state index is 12.6. The number of carbonyl (C=O) groups excluding carboxylic acids is 1. The van der Waals surface area contributed by atoms with Crippen LogP contribution in [0.5, 0.6) is 11.5 Å². The van der Waals surface area contributed by atoms with Crippen molar-refractivity contribution >= 4 is 22.8 Å². The Hall–Kier alpha value is -4.31. The Morgan fingerprint density at radius 3 is 2.53 bits per heavy atom. The summed E-state index contributed by atoms with van der Waals surface area (Å²) in [5, 5.41) is 20.2. The number of ether oxygens (including phenoxy) is 1. The molecule has 0 bridgehead atoms. The molecule has 0 unspecified atom stereocenters. The number of para-hydroxylation sites is 1. The number of aryl methyl sites for hydroxylation is 1. The Bertz CT molecular complexity index is 1290. The van der Waals surface area contributed by atoms with Gasteiger partial charge in [0.1, 0.15) is 17.6 Å². The van der Waals surface area contributed by atoms with Crippen LogP contribution in [0.25, 0.3) is 5.52 Å². The van der Waals surface area contributed by atoms with Gasteiger partial charge in [-0.25, -0.2) is 4.52 Å². The highest BCUT2D eigenvalue weighted by Gasteiger charge is 2.19. The molecule has 2 N–H and O–H groups in total. The molecule has 2 aromatic carbocycles. The van der Waals surface area contributed by atoms with Crippen LogP contribution in [0, 0.1) is 18.3 Å². The first kappa shape index (κ1) is 20.9. The molecule has 0 saturated heterocycles. The number of aromatic nitrogens is 2. The number of benzene rings is 2. The van der Waals surface area contributed by atoms with Crippen molar-refractivity contribution in [2.45, 2.75) is 20.3 Å². The molecule has 0 saturated carbocycles. The predicted molar refractivity (Wildman–Crippen MR) is 124 cm³/mol. The first-order valence-corrected chi connectivity index (χ1v) is 10.4. The molecule has 0 atom stereocenters. The molecule has 2 aromatic heterocycles. The van der Waals surface area contributed by atoms with Crippen LogP contribution in [0.15, 0.2) is 67.0 Å². The number of hydrogen-bond donors (Lipinski definition) is 2. The molecule has 0 radical (unpaired) electrons. The fourth-order valence-electron chi connectivity index (χ4n) is 3.44. The minimum Gasteiger partial charge on any atom is -0.457 e. The first-order valence-electron chi connectivity index (χ1n) is 10.4. The minimum atomic E-state index is -0.151. The van der Waals surface area contributed by atoms with E-state index in [1.54, 1.807) is 10.7 Å². The lowest BCUT2D eigenvalue weighted by molar-refractivity contribution is 0.0953. The van der Waals surface area contributed by atoms with Gasteiger partial charge in [0.2, 0.25) is 0 Å². The van der Waals surface area contributed by atoms with Gasteiger partial charge in [-0.2, -0.15) is 10.4 Å². The summed E-state index contributed by atoms with van der Waals surface area (Å²) in [5.74, 6) is 1.31. The average Bonchev–Trinajstić information content (AvgIpc) is 3.16. The zero-order valence-electron chi connectivity index (χ0n) is 17.9. The van der Waals surface area contributed by atoms with E-state index in [-0.39, 0.29) is 5.91 Å². The van der Waals surface area contributed by atoms with E-state index in [2.05, 4.69) is 21.8 Å². The second-order valence-electron chi connectivity index (χ2n) is 7.33. The number of carbonyl (C=O) groups is 1. The number of rotatable bonds is 7. The van der Waals surface area contributed by atoms with Crippen molar-refractivity contribution in [3.8, 4) is 17.6 Å². The van der Waals surface area contributed by atoms with Gasteiger partial charge < -0.3 is 15.4 Å². The second kappa shape index (κ2) is 9.23. The standard InChI is InChI=1S/C25H23N5O2/c1-3-13-27-25(31)22-16-30-24(17(22)2)23(18(14-26)15-28-30)29-19-9-11-21(12-10-19)32-20-7-5-4-6-8-20/h4-12,15-16,29H,3,13H2,1-2H3,(H,27,31). The summed E-state index contributed by atoms with van der Waals surface area (Å²) < 4.78 is 7.47. The lowest BCUT2D eigenvalue weighted by Crippen LogP contribution is -2.24. The highest BCUT2D eigenvalue weighted by atomic mass is 16.5. The van der Waals surface area contributed by atoms with Crippen molar-refractivity contribution in [3.05, 3.63) is 83.7 Å². The van der Waals surface area contributed by atoms with Crippen LogP contribution in [0.1, 0.15) is 34.8 Å². The summed E-state index contributed by atoms with van der Waals surface area (Å²) in [4.78, 5) is 12.6. The number of nitrogens with zero attached hydrogens (tertiary/aromatic N) is 3. The molecule has 0 aliphatic carbocycles. The molecule has 32 heavy (non-hydrogen) atoms. The number of amides is 1. The summed E-state index contributed by atoms with van der Waals surface area (Å²) in [6.45, 7) is 4.47. The number of hydrogen-bond acceptors (Lipinski definition) is 5. The fourth-order valence-corrected chi connectivity index (χ4v) is 3.44. The van der Waals surface area contributed by atoms with Gasteiger partial charge in [0.15, 0.2) is 0 Å². The molecule has 7 nitrogen and oxygen atoms in total. The quantitative estimate of drug-likeness (QED) is 0.425. The van der Waals surface area contributed by atoms with E-state index in [0.29, 0.717) is 34.6 Å². The summed E-state index contributed by atoms with van der Waals surface area (Å²) in [5.41, 5.74) is 3.77. The first-order chi connectivity index (χ1) is 15.6. The van der Waals surface area contributed by atoms with Crippen LogP contribution in [-0.2, 0) is 0 Å². The van der Waals surface area contributed by atoms with Crippen molar-refractivity contribution in [2.24, 2.45) is 0 Å². The van der Waals surface area contributed by atoms with E-state index in [1.165, 1.54) is 6.20 Å². The SMILES string of the molecule is CCCNC(=O)c1cn2ncc(C#N)c(Nc3ccc(Oc4ccccc4)cc3)c2c1C. The summed E-state index contributed by atoms with van der Waals surface area (Å²) in [6.07, 6.45) is 4.04. The predicted octanol–water partition coefficient (Wildman–Crippen LogP) is 5.19. The van der Waals surface area contributed by atoms with E-state index in [9.17, 15) is 10.1 Å². The van der Waals surface area contributed by atoms with Crippen molar-refractivity contribution in [3.63, 3.8) is 0 Å². The van der Waals surface area contributed by atoms with Gasteiger partial charge in [0, 0.05) is 18.4 Å². The highest BCUT2D eigenvalue weighted by Crippen LogP contribution is 2.31. The highest BCUT2D eigenvalue weighted by molar-refractivity contribution is 6.00. The largest absolute Gasteiger partial charge is 0.457 e. The molecule has 2 heterocycles. The van der Waals surface area contributed by atoms with Gasteiger partial charge >= 0.3 is 0 Å². The monoisotopic (exact) mass is 425 g/mol. The van der Waals surface area contributed by atoms with Crippen molar-refractivity contribution < 1.29 is 9.53 Å². The molecular weight excluding hydrogens is 402 g/mol. The Labute approximate surface area is 186 Å². The van der Waals surface area contributed by atoms with Crippen LogP contribution in [0.4, 0.5) is 11.4 Å². The molecule has 0 spiro atoms. The molecule has 4 rings (SSSR count). The van der Waals surface area contributed by atoms with Crippen molar-refractivity contribution in [2.75, 3.05) is 11.9 Å². The maximum Gasteiger partial charge on any atom is 0.253 e. The third-order valence-electron chi connectivity index (χ3n) is 5.06. The van der Waals surface area contributed by atoms with E-state index in [1.807, 2.05) is 68.4 Å². The topological polar surface area (TPSA) is 91.5 Å². The summed E-state index contributed by atoms with van der Waals surface area (Å²) in [6, 6.07) is 19.2. The Morgan fingerprint density at radius 2 is 1.84 bits per heavy atom. The third kappa shape index (κ3) is 4.25. The van der Waals surface area contributed by atoms with Gasteiger partial charge in [-0.3, -0.25) is 4.79 Å². The van der Waals surface area contributed by atoms with E-state index >= 15 is 0 Å². The van der Waals surface area contributed by atoms with Gasteiger partial charge in [-0.15, -0.1) is 0 Å². The molecule has 4 aromatic rings. The van der Waals surface area contributed by atoms with Crippen LogP contribution >= 0.6 is 0 Å². The van der Waals surface area contributed by atoms with Crippen LogP contribution in [0.2, 0.25) is 0 Å². The van der Waals surface area contributed by atoms with Gasteiger partial charge in [-0.05, 0) is 55.3 Å². The smallest absolute Gasteiger partial charge is 0.253 e. The number of nitriles is 1. The lowest BCUT2D eigenvalue weighted by Gasteiger charge is -2.12. The van der Waals surface area contributed by atoms with E-state index < -0.39 is 0 Å². The minimum absolute atomic E-state index is 0.151. The number of anilines is 2.